The third-order valence-corrected chi connectivity index (χ3v) is 19.6. The fourth-order valence-corrected chi connectivity index (χ4v) is 20.7. The molecular weight excluding hydrogens is 376 g/mol. The summed E-state index contributed by atoms with van der Waals surface area (Å²) in [6.45, 7) is 16.7. The molecule has 2 fully saturated rings. The zero-order valence-electron chi connectivity index (χ0n) is 15.6. The van der Waals surface area contributed by atoms with Gasteiger partial charge in [0.2, 0.25) is 0 Å². The summed E-state index contributed by atoms with van der Waals surface area (Å²) in [6.07, 6.45) is 1.25. The van der Waals surface area contributed by atoms with Gasteiger partial charge < -0.3 is 25.9 Å². The van der Waals surface area contributed by atoms with Crippen molar-refractivity contribution in [2.24, 2.45) is 0 Å². The molecule has 2 rings (SSSR count). The average molecular weight is 409 g/mol. The molecule has 24 heavy (non-hydrogen) atoms. The standard InChI is InChI=1S/C14H32O6Si4/c1-13(2)12-24(6)19-22(4)17-21(3)18-23(5,20-24)9-7-8-15-10-14-11-16-14/h14,21-22H,1,7-12H2,2-6H3. The Morgan fingerprint density at radius 3 is 2.42 bits per heavy atom. The molecule has 5 atom stereocenters. The number of ether oxygens (including phenoxy) is 2. The van der Waals surface area contributed by atoms with E-state index in [-0.39, 0.29) is 0 Å². The van der Waals surface area contributed by atoms with E-state index in [0.717, 1.165) is 37.3 Å². The molecule has 5 unspecified atom stereocenters. The summed E-state index contributed by atoms with van der Waals surface area (Å²) in [7, 11) is -8.08. The third kappa shape index (κ3) is 7.31. The molecule has 0 radical (unpaired) electrons. The summed E-state index contributed by atoms with van der Waals surface area (Å²) in [5, 5.41) is 0. The molecule has 2 heterocycles. The highest BCUT2D eigenvalue weighted by atomic mass is 28.5. The van der Waals surface area contributed by atoms with Gasteiger partial charge in [-0.05, 0) is 45.6 Å². The lowest BCUT2D eigenvalue weighted by molar-refractivity contribution is 0.115. The van der Waals surface area contributed by atoms with Crippen LogP contribution in [-0.2, 0) is 25.9 Å². The van der Waals surface area contributed by atoms with Crippen LogP contribution < -0.4 is 0 Å². The number of rotatable bonds is 8. The van der Waals surface area contributed by atoms with E-state index in [1.165, 1.54) is 0 Å². The monoisotopic (exact) mass is 408 g/mol. The van der Waals surface area contributed by atoms with Gasteiger partial charge in [0.1, 0.15) is 6.10 Å². The van der Waals surface area contributed by atoms with E-state index in [2.05, 4.69) is 32.8 Å². The normalized spacial score (nSPS) is 40.0. The van der Waals surface area contributed by atoms with Crippen molar-refractivity contribution in [1.82, 2.24) is 0 Å². The third-order valence-electron chi connectivity index (χ3n) is 3.89. The van der Waals surface area contributed by atoms with Crippen LogP contribution in [0.25, 0.3) is 0 Å². The van der Waals surface area contributed by atoms with Crippen LogP contribution in [0, 0.1) is 0 Å². The van der Waals surface area contributed by atoms with Gasteiger partial charge in [0.05, 0.1) is 13.2 Å². The van der Waals surface area contributed by atoms with Crippen molar-refractivity contribution < 1.29 is 25.9 Å². The molecule has 0 saturated carbocycles. The molecule has 0 bridgehead atoms. The summed E-state index contributed by atoms with van der Waals surface area (Å²) in [5.41, 5.74) is 1.10. The molecule has 6 nitrogen and oxygen atoms in total. The molecule has 2 aliphatic rings. The maximum Gasteiger partial charge on any atom is 0.321 e. The second-order valence-corrected chi connectivity index (χ2v) is 18.6. The summed E-state index contributed by atoms with van der Waals surface area (Å²) in [6, 6.07) is 1.70. The molecule has 0 aromatic carbocycles. The smallest absolute Gasteiger partial charge is 0.321 e. The molecule has 0 aliphatic carbocycles. The molecule has 0 aromatic heterocycles. The van der Waals surface area contributed by atoms with Crippen molar-refractivity contribution in [3.8, 4) is 0 Å². The molecule has 140 valence electrons. The molecule has 0 spiro atoms. The summed E-state index contributed by atoms with van der Waals surface area (Å²) in [4.78, 5) is 0. The molecule has 0 N–H and O–H groups in total. The first-order chi connectivity index (χ1) is 11.2. The van der Waals surface area contributed by atoms with E-state index in [1.807, 2.05) is 6.92 Å². The van der Waals surface area contributed by atoms with Crippen LogP contribution in [0.3, 0.4) is 0 Å². The van der Waals surface area contributed by atoms with Crippen LogP contribution in [0.5, 0.6) is 0 Å². The topological polar surface area (TPSA) is 58.7 Å². The van der Waals surface area contributed by atoms with Crippen LogP contribution in [0.4, 0.5) is 0 Å². The average Bonchev–Trinajstić information content (AvgIpc) is 3.18. The van der Waals surface area contributed by atoms with E-state index in [1.54, 1.807) is 0 Å². The van der Waals surface area contributed by atoms with Gasteiger partial charge in [-0.1, -0.05) is 5.57 Å². The Kier molecular flexibility index (Phi) is 7.62. The zero-order chi connectivity index (χ0) is 17.8. The van der Waals surface area contributed by atoms with Gasteiger partial charge in [0.15, 0.2) is 0 Å². The van der Waals surface area contributed by atoms with Gasteiger partial charge in [-0.3, -0.25) is 0 Å². The zero-order valence-corrected chi connectivity index (χ0v) is 19.9. The largest absolute Gasteiger partial charge is 0.420 e. The SMILES string of the molecule is C=C(C)C[Si]1(C)O[SiH](C)O[SiH](C)O[Si](C)(CCCOCC2CO2)O1. The lowest BCUT2D eigenvalue weighted by Gasteiger charge is -2.43. The van der Waals surface area contributed by atoms with E-state index >= 15 is 0 Å². The molecule has 2 aliphatic heterocycles. The van der Waals surface area contributed by atoms with Crippen LogP contribution in [0.2, 0.25) is 38.3 Å². The van der Waals surface area contributed by atoms with Crippen molar-refractivity contribution in [2.45, 2.75) is 57.7 Å². The number of hydrogen-bond acceptors (Lipinski definition) is 6. The predicted molar refractivity (Wildman–Crippen MR) is 103 cm³/mol. The molecule has 2 saturated heterocycles. The Morgan fingerprint density at radius 1 is 1.21 bits per heavy atom. The van der Waals surface area contributed by atoms with E-state index < -0.39 is 35.7 Å². The fraction of sp³-hybridized carbons (Fsp3) is 0.857. The van der Waals surface area contributed by atoms with Gasteiger partial charge in [-0.2, -0.15) is 0 Å². The Morgan fingerprint density at radius 2 is 1.83 bits per heavy atom. The first kappa shape index (κ1) is 20.7. The Labute approximate surface area is 151 Å². The van der Waals surface area contributed by atoms with Gasteiger partial charge in [-0.25, -0.2) is 0 Å². The lowest BCUT2D eigenvalue weighted by atomic mass is 10.4. The Bertz CT molecular complexity index is 437. The van der Waals surface area contributed by atoms with Crippen LogP contribution in [0.15, 0.2) is 12.2 Å². The minimum atomic E-state index is -2.35. The van der Waals surface area contributed by atoms with Crippen molar-refractivity contribution in [2.75, 3.05) is 19.8 Å². The molecule has 10 heteroatoms. The maximum atomic E-state index is 6.64. The summed E-state index contributed by atoms with van der Waals surface area (Å²) in [5.74, 6) is 0. The molecular formula is C14H32O6Si4. The van der Waals surface area contributed by atoms with Crippen molar-refractivity contribution in [3.63, 3.8) is 0 Å². The van der Waals surface area contributed by atoms with Crippen LogP contribution in [0.1, 0.15) is 13.3 Å². The van der Waals surface area contributed by atoms with Crippen molar-refractivity contribution in [1.29, 1.82) is 0 Å². The first-order valence-electron chi connectivity index (χ1n) is 8.75. The van der Waals surface area contributed by atoms with Gasteiger partial charge in [0, 0.05) is 12.7 Å². The second kappa shape index (κ2) is 8.84. The summed E-state index contributed by atoms with van der Waals surface area (Å²) >= 11 is 0. The summed E-state index contributed by atoms with van der Waals surface area (Å²) < 4.78 is 36.2. The fourth-order valence-electron chi connectivity index (χ4n) is 3.14. The number of hydrogen-bond donors (Lipinski definition) is 0. The molecule has 0 amide bonds. The highest BCUT2D eigenvalue weighted by Crippen LogP contribution is 2.30. The highest BCUT2D eigenvalue weighted by Gasteiger charge is 2.47. The van der Waals surface area contributed by atoms with Crippen LogP contribution in [-0.4, -0.2) is 61.6 Å². The quantitative estimate of drug-likeness (QED) is 0.266. The highest BCUT2D eigenvalue weighted by molar-refractivity contribution is 6.87. The minimum Gasteiger partial charge on any atom is -0.420 e. The van der Waals surface area contributed by atoms with Gasteiger partial charge in [0.25, 0.3) is 18.6 Å². The van der Waals surface area contributed by atoms with Crippen molar-refractivity contribution in [3.05, 3.63) is 12.2 Å². The number of allylic oxidation sites excluding steroid dienone is 1. The number of epoxide rings is 1. The predicted octanol–water partition coefficient (Wildman–Crippen LogP) is 2.29. The molecule has 0 aromatic rings. The van der Waals surface area contributed by atoms with E-state index in [0.29, 0.717) is 12.7 Å². The maximum absolute atomic E-state index is 6.64. The first-order valence-corrected chi connectivity index (χ1v) is 18.0. The van der Waals surface area contributed by atoms with E-state index in [4.69, 9.17) is 25.9 Å². The van der Waals surface area contributed by atoms with Crippen molar-refractivity contribution >= 4 is 35.7 Å². The Hall–Kier alpha value is 0.368. The van der Waals surface area contributed by atoms with E-state index in [9.17, 15) is 0 Å². The van der Waals surface area contributed by atoms with Gasteiger partial charge in [-0.15, -0.1) is 6.58 Å². The lowest BCUT2D eigenvalue weighted by Crippen LogP contribution is -2.59. The minimum absolute atomic E-state index is 0.318. The van der Waals surface area contributed by atoms with Crippen LogP contribution >= 0.6 is 0 Å². The Balaban J connectivity index is 1.92. The van der Waals surface area contributed by atoms with Gasteiger partial charge >= 0.3 is 17.1 Å². The second-order valence-electron chi connectivity index (χ2n) is 7.14.